The van der Waals surface area contributed by atoms with Crippen LogP contribution in [-0.4, -0.2) is 44.9 Å². The molecule has 1 aliphatic rings. The summed E-state index contributed by atoms with van der Waals surface area (Å²) in [6, 6.07) is 4.00. The maximum absolute atomic E-state index is 12.3. The average Bonchev–Trinajstić information content (AvgIpc) is 3.19. The monoisotopic (exact) mass is 302 g/mol. The Balaban J connectivity index is 1.49. The summed E-state index contributed by atoms with van der Waals surface area (Å²) < 4.78 is 9.63. The van der Waals surface area contributed by atoms with E-state index in [2.05, 4.69) is 9.67 Å². The molecule has 0 bridgehead atoms. The summed E-state index contributed by atoms with van der Waals surface area (Å²) in [5.41, 5.74) is 1.03. The number of morpholine rings is 1. The molecule has 2 aromatic rings. The molecular formula is C16H22N4O2. The minimum Gasteiger partial charge on any atom is -0.370 e. The van der Waals surface area contributed by atoms with Gasteiger partial charge in [0.2, 0.25) is 5.91 Å². The van der Waals surface area contributed by atoms with Crippen LogP contribution in [0.4, 0.5) is 0 Å². The van der Waals surface area contributed by atoms with Gasteiger partial charge in [0.25, 0.3) is 0 Å². The van der Waals surface area contributed by atoms with E-state index in [1.165, 1.54) is 0 Å². The van der Waals surface area contributed by atoms with Gasteiger partial charge >= 0.3 is 0 Å². The highest BCUT2D eigenvalue weighted by Crippen LogP contribution is 2.22. The Morgan fingerprint density at radius 1 is 1.41 bits per heavy atom. The van der Waals surface area contributed by atoms with Crippen molar-refractivity contribution in [3.63, 3.8) is 0 Å². The highest BCUT2D eigenvalue weighted by molar-refractivity contribution is 5.76. The molecule has 1 fully saturated rings. The van der Waals surface area contributed by atoms with Crippen LogP contribution in [0.2, 0.25) is 0 Å². The molecule has 0 aromatic carbocycles. The van der Waals surface area contributed by atoms with Crippen molar-refractivity contribution in [2.24, 2.45) is 7.05 Å². The predicted molar refractivity (Wildman–Crippen MR) is 82.1 cm³/mol. The molecule has 6 nitrogen and oxygen atoms in total. The largest absolute Gasteiger partial charge is 0.370 e. The second-order valence-corrected chi connectivity index (χ2v) is 5.67. The van der Waals surface area contributed by atoms with E-state index < -0.39 is 0 Å². The van der Waals surface area contributed by atoms with E-state index in [4.69, 9.17) is 4.74 Å². The summed E-state index contributed by atoms with van der Waals surface area (Å²) in [5.74, 6) is 0.212. The number of aryl methyl sites for hydroxylation is 2. The fourth-order valence-corrected chi connectivity index (χ4v) is 2.77. The van der Waals surface area contributed by atoms with Crippen LogP contribution < -0.4 is 0 Å². The zero-order valence-corrected chi connectivity index (χ0v) is 12.9. The zero-order chi connectivity index (χ0) is 15.4. The second kappa shape index (κ2) is 6.79. The summed E-state index contributed by atoms with van der Waals surface area (Å²) in [5, 5.41) is 4.17. The Labute approximate surface area is 130 Å². The lowest BCUT2D eigenvalue weighted by Crippen LogP contribution is -2.42. The Hall–Kier alpha value is -2.08. The molecule has 0 N–H and O–H groups in total. The van der Waals surface area contributed by atoms with Crippen molar-refractivity contribution in [1.29, 1.82) is 0 Å². The van der Waals surface area contributed by atoms with Gasteiger partial charge in [-0.1, -0.05) is 0 Å². The van der Waals surface area contributed by atoms with E-state index in [0.29, 0.717) is 26.1 Å². The molecular weight excluding hydrogens is 280 g/mol. The van der Waals surface area contributed by atoms with Crippen LogP contribution in [0.3, 0.4) is 0 Å². The van der Waals surface area contributed by atoms with Gasteiger partial charge in [0.05, 0.1) is 19.3 Å². The van der Waals surface area contributed by atoms with Crippen LogP contribution >= 0.6 is 0 Å². The zero-order valence-electron chi connectivity index (χ0n) is 12.9. The van der Waals surface area contributed by atoms with Gasteiger partial charge < -0.3 is 14.2 Å². The highest BCUT2D eigenvalue weighted by atomic mass is 16.5. The Morgan fingerprint density at radius 2 is 2.23 bits per heavy atom. The number of carbonyl (C=O) groups excluding carboxylic acids is 1. The van der Waals surface area contributed by atoms with E-state index in [-0.39, 0.29) is 12.0 Å². The Bertz CT molecular complexity index is 605. The number of rotatable bonds is 5. The molecule has 0 aliphatic carbocycles. The second-order valence-electron chi connectivity index (χ2n) is 5.67. The van der Waals surface area contributed by atoms with Crippen LogP contribution in [0.15, 0.2) is 36.9 Å². The number of aromatic nitrogens is 3. The fraction of sp³-hybridized carbons (Fsp3) is 0.500. The van der Waals surface area contributed by atoms with Crippen LogP contribution in [0.25, 0.3) is 0 Å². The molecule has 1 saturated heterocycles. The molecule has 3 heterocycles. The van der Waals surface area contributed by atoms with Crippen molar-refractivity contribution in [1.82, 2.24) is 19.2 Å². The molecule has 0 spiro atoms. The third-order valence-corrected chi connectivity index (χ3v) is 3.99. The first-order chi connectivity index (χ1) is 10.7. The maximum Gasteiger partial charge on any atom is 0.222 e. The van der Waals surface area contributed by atoms with Crippen LogP contribution in [0.5, 0.6) is 0 Å². The summed E-state index contributed by atoms with van der Waals surface area (Å²) in [7, 11) is 1.89. The summed E-state index contributed by atoms with van der Waals surface area (Å²) in [4.78, 5) is 14.3. The third-order valence-electron chi connectivity index (χ3n) is 3.99. The lowest BCUT2D eigenvalue weighted by Gasteiger charge is -2.32. The molecule has 1 amide bonds. The molecule has 0 saturated carbocycles. The minimum absolute atomic E-state index is 0.0594. The Kier molecular flexibility index (Phi) is 4.58. The summed E-state index contributed by atoms with van der Waals surface area (Å²) in [6.45, 7) is 2.77. The molecule has 2 aromatic heterocycles. The quantitative estimate of drug-likeness (QED) is 0.843. The van der Waals surface area contributed by atoms with E-state index in [1.807, 2.05) is 48.9 Å². The van der Waals surface area contributed by atoms with E-state index in [9.17, 15) is 4.79 Å². The van der Waals surface area contributed by atoms with Crippen molar-refractivity contribution >= 4 is 5.91 Å². The predicted octanol–water partition coefficient (Wildman–Crippen LogP) is 1.60. The van der Waals surface area contributed by atoms with Crippen molar-refractivity contribution in [3.8, 4) is 0 Å². The molecule has 22 heavy (non-hydrogen) atoms. The van der Waals surface area contributed by atoms with E-state index >= 15 is 0 Å². The molecule has 3 rings (SSSR count). The lowest BCUT2D eigenvalue weighted by molar-refractivity contribution is -0.139. The number of ether oxygens (including phenoxy) is 1. The number of amides is 1. The van der Waals surface area contributed by atoms with Gasteiger partial charge in [0.1, 0.15) is 6.10 Å². The van der Waals surface area contributed by atoms with Crippen molar-refractivity contribution in [2.45, 2.75) is 25.5 Å². The summed E-state index contributed by atoms with van der Waals surface area (Å²) in [6.07, 6.45) is 9.20. The van der Waals surface area contributed by atoms with Gasteiger partial charge in [-0.05, 0) is 18.6 Å². The average molecular weight is 302 g/mol. The first-order valence-electron chi connectivity index (χ1n) is 7.71. The molecule has 0 radical (unpaired) electrons. The fourth-order valence-electron chi connectivity index (χ4n) is 2.77. The molecule has 1 aliphatic heterocycles. The third kappa shape index (κ3) is 3.57. The van der Waals surface area contributed by atoms with Crippen LogP contribution in [-0.2, 0) is 23.1 Å². The van der Waals surface area contributed by atoms with Gasteiger partial charge in [0.15, 0.2) is 0 Å². The number of carbonyl (C=O) groups is 1. The number of hydrogen-bond acceptors (Lipinski definition) is 3. The number of nitrogens with zero attached hydrogens (tertiary/aromatic N) is 4. The first kappa shape index (κ1) is 14.8. The van der Waals surface area contributed by atoms with Crippen LogP contribution in [0, 0.1) is 0 Å². The maximum atomic E-state index is 12.3. The van der Waals surface area contributed by atoms with Crippen molar-refractivity contribution < 1.29 is 9.53 Å². The standard InChI is InChI=1S/C16H22N4O2/c1-18-12-14(11-17-18)15-13-20(9-10-22-15)16(21)5-4-8-19-6-2-3-7-19/h2-3,6-7,11-12,15H,4-5,8-10,13H2,1H3/t15-/m1/s1. The SMILES string of the molecule is Cn1cc([C@H]2CN(C(=O)CCCn3cccc3)CCO2)cn1. The summed E-state index contributed by atoms with van der Waals surface area (Å²) >= 11 is 0. The lowest BCUT2D eigenvalue weighted by atomic mass is 10.1. The van der Waals surface area contributed by atoms with Gasteiger partial charge in [-0.2, -0.15) is 5.10 Å². The highest BCUT2D eigenvalue weighted by Gasteiger charge is 2.25. The van der Waals surface area contributed by atoms with Gasteiger partial charge in [0, 0.05) is 50.7 Å². The molecule has 0 unspecified atom stereocenters. The van der Waals surface area contributed by atoms with Gasteiger partial charge in [-0.3, -0.25) is 9.48 Å². The number of hydrogen-bond donors (Lipinski definition) is 0. The normalized spacial score (nSPS) is 18.6. The molecule has 118 valence electrons. The van der Waals surface area contributed by atoms with E-state index in [0.717, 1.165) is 18.5 Å². The smallest absolute Gasteiger partial charge is 0.222 e. The van der Waals surface area contributed by atoms with E-state index in [1.54, 1.807) is 4.68 Å². The van der Waals surface area contributed by atoms with Gasteiger partial charge in [-0.25, -0.2) is 0 Å². The van der Waals surface area contributed by atoms with Crippen molar-refractivity contribution in [3.05, 3.63) is 42.5 Å². The minimum atomic E-state index is -0.0594. The molecule has 6 heteroatoms. The topological polar surface area (TPSA) is 52.3 Å². The van der Waals surface area contributed by atoms with Gasteiger partial charge in [-0.15, -0.1) is 0 Å². The van der Waals surface area contributed by atoms with Crippen LogP contribution in [0.1, 0.15) is 24.5 Å². The van der Waals surface area contributed by atoms with Crippen molar-refractivity contribution in [2.75, 3.05) is 19.7 Å². The Morgan fingerprint density at radius 3 is 2.95 bits per heavy atom. The molecule has 1 atom stereocenters. The first-order valence-corrected chi connectivity index (χ1v) is 7.71.